The molecule has 1 fully saturated rings. The number of amides is 1. The summed E-state index contributed by atoms with van der Waals surface area (Å²) in [5.41, 5.74) is 1.11. The van der Waals surface area contributed by atoms with E-state index in [1.54, 1.807) is 13.0 Å². The molecule has 116 valence electrons. The number of carbonyl (C=O) groups is 1. The molecule has 1 aromatic rings. The lowest BCUT2D eigenvalue weighted by Crippen LogP contribution is -2.39. The summed E-state index contributed by atoms with van der Waals surface area (Å²) in [7, 11) is -3.81. The van der Waals surface area contributed by atoms with Crippen LogP contribution in [-0.2, 0) is 10.0 Å². The average molecular weight is 310 g/mol. The fraction of sp³-hybridized carbons (Fsp3) is 0.533. The number of likely N-dealkylation sites (tertiary alicyclic amines) is 1. The summed E-state index contributed by atoms with van der Waals surface area (Å²) in [4.78, 5) is 14.6. The van der Waals surface area contributed by atoms with Gasteiger partial charge in [0.2, 0.25) is 10.0 Å². The van der Waals surface area contributed by atoms with Crippen molar-refractivity contribution < 1.29 is 13.2 Å². The summed E-state index contributed by atoms with van der Waals surface area (Å²) in [5, 5.41) is 5.18. The summed E-state index contributed by atoms with van der Waals surface area (Å²) in [6.07, 6.45) is 2.89. The first kappa shape index (κ1) is 16.0. The number of primary sulfonamides is 1. The van der Waals surface area contributed by atoms with E-state index in [0.29, 0.717) is 11.1 Å². The Hall–Kier alpha value is -1.40. The van der Waals surface area contributed by atoms with E-state index in [-0.39, 0.29) is 22.9 Å². The number of hydrogen-bond acceptors (Lipinski definition) is 3. The molecule has 5 nitrogen and oxygen atoms in total. The normalized spacial score (nSPS) is 22.6. The molecule has 1 heterocycles. The predicted molar refractivity (Wildman–Crippen MR) is 81.5 cm³/mol. The van der Waals surface area contributed by atoms with Gasteiger partial charge in [0.05, 0.1) is 4.90 Å². The number of carbonyl (C=O) groups excluding carboxylic acids is 1. The Morgan fingerprint density at radius 2 is 2.00 bits per heavy atom. The maximum Gasteiger partial charge on any atom is 0.254 e. The molecule has 0 saturated carbocycles. The van der Waals surface area contributed by atoms with Crippen LogP contribution >= 0.6 is 0 Å². The largest absolute Gasteiger partial charge is 0.333 e. The second-order valence-electron chi connectivity index (χ2n) is 5.78. The van der Waals surface area contributed by atoms with Gasteiger partial charge in [-0.1, -0.05) is 6.92 Å². The van der Waals surface area contributed by atoms with Crippen molar-refractivity contribution in [3.05, 3.63) is 29.3 Å². The third-order valence-corrected chi connectivity index (χ3v) is 5.01. The third kappa shape index (κ3) is 3.27. The second kappa shape index (κ2) is 5.77. The maximum absolute atomic E-state index is 12.7. The van der Waals surface area contributed by atoms with Gasteiger partial charge in [0.25, 0.3) is 5.91 Å². The number of hydrogen-bond donors (Lipinski definition) is 1. The standard InChI is InChI=1S/C15H22N2O3S/c1-4-13-6-5-11(3)17(13)15(18)12-7-10(2)8-14(9-12)21(16,19)20/h7-9,11,13H,4-6H2,1-3H3,(H2,16,19,20). The number of sulfonamides is 1. The van der Waals surface area contributed by atoms with Gasteiger partial charge in [0, 0.05) is 17.6 Å². The van der Waals surface area contributed by atoms with Crippen LogP contribution in [0.25, 0.3) is 0 Å². The van der Waals surface area contributed by atoms with Crippen LogP contribution in [0.3, 0.4) is 0 Å². The Labute approximate surface area is 126 Å². The Bertz CT molecular complexity index is 655. The van der Waals surface area contributed by atoms with Crippen LogP contribution in [0.4, 0.5) is 0 Å². The molecule has 0 spiro atoms. The van der Waals surface area contributed by atoms with Gasteiger partial charge >= 0.3 is 0 Å². The Balaban J connectivity index is 2.42. The molecule has 1 amide bonds. The quantitative estimate of drug-likeness (QED) is 0.927. The summed E-state index contributed by atoms with van der Waals surface area (Å²) < 4.78 is 23.0. The zero-order chi connectivity index (χ0) is 15.8. The van der Waals surface area contributed by atoms with E-state index in [4.69, 9.17) is 5.14 Å². The van der Waals surface area contributed by atoms with Gasteiger partial charge in [0.1, 0.15) is 0 Å². The van der Waals surface area contributed by atoms with Crippen molar-refractivity contribution in [2.75, 3.05) is 0 Å². The van der Waals surface area contributed by atoms with Crippen LogP contribution in [0.1, 0.15) is 49.0 Å². The number of nitrogens with zero attached hydrogens (tertiary/aromatic N) is 1. The molecule has 1 aliphatic rings. The van der Waals surface area contributed by atoms with Crippen molar-refractivity contribution in [1.29, 1.82) is 0 Å². The molecule has 2 unspecified atom stereocenters. The molecule has 2 N–H and O–H groups in total. The first-order valence-electron chi connectivity index (χ1n) is 7.21. The number of aryl methyl sites for hydroxylation is 1. The molecule has 0 bridgehead atoms. The molecule has 2 rings (SSSR count). The molecule has 2 atom stereocenters. The van der Waals surface area contributed by atoms with E-state index in [2.05, 4.69) is 6.92 Å². The highest BCUT2D eigenvalue weighted by molar-refractivity contribution is 7.89. The first-order chi connectivity index (χ1) is 9.74. The highest BCUT2D eigenvalue weighted by Crippen LogP contribution is 2.28. The zero-order valence-electron chi connectivity index (χ0n) is 12.7. The highest BCUT2D eigenvalue weighted by Gasteiger charge is 2.33. The topological polar surface area (TPSA) is 80.5 Å². The van der Waals surface area contributed by atoms with Gasteiger partial charge < -0.3 is 4.90 Å². The minimum absolute atomic E-state index is 0.00857. The van der Waals surface area contributed by atoms with Crippen molar-refractivity contribution in [2.45, 2.75) is 57.0 Å². The molecule has 0 aliphatic carbocycles. The molecule has 6 heteroatoms. The van der Waals surface area contributed by atoms with Crippen LogP contribution in [0.5, 0.6) is 0 Å². The smallest absolute Gasteiger partial charge is 0.254 e. The minimum Gasteiger partial charge on any atom is -0.333 e. The van der Waals surface area contributed by atoms with Gasteiger partial charge in [-0.15, -0.1) is 0 Å². The van der Waals surface area contributed by atoms with E-state index in [0.717, 1.165) is 19.3 Å². The van der Waals surface area contributed by atoms with Gasteiger partial charge in [-0.05, 0) is 56.9 Å². The van der Waals surface area contributed by atoms with Crippen LogP contribution < -0.4 is 5.14 Å². The third-order valence-electron chi connectivity index (χ3n) is 4.12. The maximum atomic E-state index is 12.7. The molecular formula is C15H22N2O3S. The highest BCUT2D eigenvalue weighted by atomic mass is 32.2. The van der Waals surface area contributed by atoms with Gasteiger partial charge in [0.15, 0.2) is 0 Å². The fourth-order valence-electron chi connectivity index (χ4n) is 3.02. The summed E-state index contributed by atoms with van der Waals surface area (Å²) in [6, 6.07) is 4.99. The van der Waals surface area contributed by atoms with E-state index in [1.807, 2.05) is 11.8 Å². The van der Waals surface area contributed by atoms with Crippen molar-refractivity contribution in [3.63, 3.8) is 0 Å². The van der Waals surface area contributed by atoms with Crippen LogP contribution in [0.2, 0.25) is 0 Å². The van der Waals surface area contributed by atoms with Crippen molar-refractivity contribution in [2.24, 2.45) is 5.14 Å². The Morgan fingerprint density at radius 1 is 1.33 bits per heavy atom. The van der Waals surface area contributed by atoms with Crippen molar-refractivity contribution in [1.82, 2.24) is 4.90 Å². The van der Waals surface area contributed by atoms with Gasteiger partial charge in [-0.2, -0.15) is 0 Å². The van der Waals surface area contributed by atoms with E-state index in [9.17, 15) is 13.2 Å². The summed E-state index contributed by atoms with van der Waals surface area (Å²) in [5.74, 6) is -0.111. The molecule has 0 radical (unpaired) electrons. The van der Waals surface area contributed by atoms with Crippen molar-refractivity contribution >= 4 is 15.9 Å². The monoisotopic (exact) mass is 310 g/mol. The molecule has 0 aromatic heterocycles. The lowest BCUT2D eigenvalue weighted by molar-refractivity contribution is 0.0676. The average Bonchev–Trinajstić information content (AvgIpc) is 2.77. The Kier molecular flexibility index (Phi) is 4.39. The Morgan fingerprint density at radius 3 is 2.57 bits per heavy atom. The van der Waals surface area contributed by atoms with E-state index < -0.39 is 10.0 Å². The van der Waals surface area contributed by atoms with E-state index >= 15 is 0 Å². The summed E-state index contributed by atoms with van der Waals surface area (Å²) in [6.45, 7) is 5.86. The predicted octanol–water partition coefficient (Wildman–Crippen LogP) is 2.05. The van der Waals surface area contributed by atoms with Gasteiger partial charge in [-0.25, -0.2) is 13.6 Å². The van der Waals surface area contributed by atoms with E-state index in [1.165, 1.54) is 12.1 Å². The van der Waals surface area contributed by atoms with Crippen LogP contribution in [0.15, 0.2) is 23.1 Å². The number of nitrogens with two attached hydrogens (primary N) is 1. The zero-order valence-corrected chi connectivity index (χ0v) is 13.5. The van der Waals surface area contributed by atoms with Crippen LogP contribution in [0, 0.1) is 6.92 Å². The van der Waals surface area contributed by atoms with Crippen LogP contribution in [-0.4, -0.2) is 31.3 Å². The van der Waals surface area contributed by atoms with Crippen molar-refractivity contribution in [3.8, 4) is 0 Å². The minimum atomic E-state index is -3.81. The fourth-order valence-corrected chi connectivity index (χ4v) is 3.66. The molecular weight excluding hydrogens is 288 g/mol. The number of benzene rings is 1. The second-order valence-corrected chi connectivity index (χ2v) is 7.34. The SMILES string of the molecule is CCC1CCC(C)N1C(=O)c1cc(C)cc(S(N)(=O)=O)c1. The molecule has 21 heavy (non-hydrogen) atoms. The summed E-state index contributed by atoms with van der Waals surface area (Å²) >= 11 is 0. The molecule has 1 aromatic carbocycles. The molecule has 1 saturated heterocycles. The number of rotatable bonds is 3. The molecule has 1 aliphatic heterocycles. The lowest BCUT2D eigenvalue weighted by Gasteiger charge is -2.28. The first-order valence-corrected chi connectivity index (χ1v) is 8.75. The van der Waals surface area contributed by atoms with Gasteiger partial charge in [-0.3, -0.25) is 4.79 Å². The lowest BCUT2D eigenvalue weighted by atomic mass is 10.1.